The highest BCUT2D eigenvalue weighted by Crippen LogP contribution is 2.49. The Morgan fingerprint density at radius 3 is 2.64 bits per heavy atom. The zero-order valence-electron chi connectivity index (χ0n) is 8.42. The summed E-state index contributed by atoms with van der Waals surface area (Å²) in [5.41, 5.74) is 0. The van der Waals surface area contributed by atoms with Crippen LogP contribution in [0, 0.1) is 11.8 Å². The zero-order valence-corrected chi connectivity index (χ0v) is 8.42. The van der Waals surface area contributed by atoms with E-state index in [2.05, 4.69) is 6.92 Å². The van der Waals surface area contributed by atoms with Crippen molar-refractivity contribution in [3.63, 3.8) is 0 Å². The van der Waals surface area contributed by atoms with Crippen molar-refractivity contribution in [1.29, 1.82) is 0 Å². The van der Waals surface area contributed by atoms with Gasteiger partial charge in [0.25, 0.3) is 5.92 Å². The number of aliphatic hydroxyl groups excluding tert-OH is 1. The largest absolute Gasteiger partial charge is 0.395 e. The van der Waals surface area contributed by atoms with Crippen LogP contribution >= 0.6 is 0 Å². The molecule has 1 N–H and O–H groups in total. The Morgan fingerprint density at radius 2 is 2.14 bits per heavy atom. The fourth-order valence-corrected chi connectivity index (χ4v) is 2.36. The van der Waals surface area contributed by atoms with Crippen molar-refractivity contribution in [3.05, 3.63) is 0 Å². The van der Waals surface area contributed by atoms with Gasteiger partial charge in [-0.1, -0.05) is 6.92 Å². The lowest BCUT2D eigenvalue weighted by Crippen LogP contribution is -2.37. The van der Waals surface area contributed by atoms with E-state index in [1.807, 2.05) is 4.90 Å². The minimum atomic E-state index is -2.42. The van der Waals surface area contributed by atoms with Crippen LogP contribution in [0.2, 0.25) is 0 Å². The Bertz CT molecular complexity index is 222. The van der Waals surface area contributed by atoms with Gasteiger partial charge >= 0.3 is 0 Å². The maximum absolute atomic E-state index is 12.7. The van der Waals surface area contributed by atoms with Gasteiger partial charge in [-0.05, 0) is 18.9 Å². The number of halogens is 2. The topological polar surface area (TPSA) is 23.5 Å². The second-order valence-electron chi connectivity index (χ2n) is 4.67. The SMILES string of the molecule is CC1CCN(CC2CC2(F)F)C1CO. The Balaban J connectivity index is 1.86. The Hall–Kier alpha value is -0.220. The maximum Gasteiger partial charge on any atom is 0.252 e. The molecular weight excluding hydrogens is 188 g/mol. The van der Waals surface area contributed by atoms with Gasteiger partial charge in [0.15, 0.2) is 0 Å². The van der Waals surface area contributed by atoms with E-state index >= 15 is 0 Å². The first kappa shape index (κ1) is 10.3. The maximum atomic E-state index is 12.7. The van der Waals surface area contributed by atoms with E-state index in [0.717, 1.165) is 13.0 Å². The molecule has 2 fully saturated rings. The molecule has 0 amide bonds. The van der Waals surface area contributed by atoms with Crippen molar-refractivity contribution in [2.24, 2.45) is 11.8 Å². The standard InChI is InChI=1S/C10H17F2NO/c1-7-2-3-13(9(7)6-14)5-8-4-10(8,11)12/h7-9,14H,2-6H2,1H3. The van der Waals surface area contributed by atoms with Gasteiger partial charge in [0.2, 0.25) is 0 Å². The number of rotatable bonds is 3. The quantitative estimate of drug-likeness (QED) is 0.751. The first-order valence-corrected chi connectivity index (χ1v) is 5.27. The Kier molecular flexibility index (Phi) is 2.52. The second-order valence-corrected chi connectivity index (χ2v) is 4.67. The van der Waals surface area contributed by atoms with Gasteiger partial charge in [-0.15, -0.1) is 0 Å². The summed E-state index contributed by atoms with van der Waals surface area (Å²) in [7, 11) is 0. The Morgan fingerprint density at radius 1 is 1.50 bits per heavy atom. The van der Waals surface area contributed by atoms with Gasteiger partial charge in [-0.2, -0.15) is 0 Å². The van der Waals surface area contributed by atoms with Crippen LogP contribution in [0.15, 0.2) is 0 Å². The summed E-state index contributed by atoms with van der Waals surface area (Å²) >= 11 is 0. The molecule has 0 aromatic rings. The average molecular weight is 205 g/mol. The van der Waals surface area contributed by atoms with Gasteiger partial charge in [-0.25, -0.2) is 8.78 Å². The summed E-state index contributed by atoms with van der Waals surface area (Å²) in [4.78, 5) is 2.02. The van der Waals surface area contributed by atoms with E-state index in [1.165, 1.54) is 0 Å². The molecule has 4 heteroatoms. The molecule has 0 spiro atoms. The summed E-state index contributed by atoms with van der Waals surface area (Å²) in [6, 6.07) is 0.103. The van der Waals surface area contributed by atoms with Crippen molar-refractivity contribution in [2.45, 2.75) is 31.7 Å². The fourth-order valence-electron chi connectivity index (χ4n) is 2.36. The van der Waals surface area contributed by atoms with E-state index in [9.17, 15) is 8.78 Å². The van der Waals surface area contributed by atoms with Crippen LogP contribution in [0.25, 0.3) is 0 Å². The molecule has 82 valence electrons. The first-order valence-electron chi connectivity index (χ1n) is 5.27. The molecule has 2 nitrogen and oxygen atoms in total. The van der Waals surface area contributed by atoms with Crippen LogP contribution in [0.4, 0.5) is 8.78 Å². The van der Waals surface area contributed by atoms with Crippen molar-refractivity contribution >= 4 is 0 Å². The third kappa shape index (κ3) is 1.77. The lowest BCUT2D eigenvalue weighted by Gasteiger charge is -2.24. The van der Waals surface area contributed by atoms with Crippen LogP contribution < -0.4 is 0 Å². The van der Waals surface area contributed by atoms with Gasteiger partial charge in [0, 0.05) is 24.9 Å². The molecule has 1 saturated carbocycles. The molecule has 1 aliphatic carbocycles. The lowest BCUT2D eigenvalue weighted by atomic mass is 10.0. The molecule has 14 heavy (non-hydrogen) atoms. The number of hydrogen-bond donors (Lipinski definition) is 1. The molecule has 0 aromatic heterocycles. The highest BCUT2D eigenvalue weighted by molar-refractivity contribution is 4.98. The number of aliphatic hydroxyl groups is 1. The third-order valence-corrected chi connectivity index (χ3v) is 3.60. The van der Waals surface area contributed by atoms with E-state index in [1.54, 1.807) is 0 Å². The van der Waals surface area contributed by atoms with Crippen molar-refractivity contribution in [1.82, 2.24) is 4.90 Å². The normalized spacial score (nSPS) is 41.6. The van der Waals surface area contributed by atoms with Crippen molar-refractivity contribution < 1.29 is 13.9 Å². The van der Waals surface area contributed by atoms with Gasteiger partial charge < -0.3 is 5.11 Å². The number of likely N-dealkylation sites (tertiary alicyclic amines) is 1. The van der Waals surface area contributed by atoms with Gasteiger partial charge in [0.1, 0.15) is 0 Å². The van der Waals surface area contributed by atoms with E-state index in [-0.39, 0.29) is 19.1 Å². The number of hydrogen-bond acceptors (Lipinski definition) is 2. The molecule has 2 aliphatic rings. The summed E-state index contributed by atoms with van der Waals surface area (Å²) in [5.74, 6) is -2.44. The van der Waals surface area contributed by atoms with Crippen molar-refractivity contribution in [3.8, 4) is 0 Å². The van der Waals surface area contributed by atoms with Crippen LogP contribution in [0.1, 0.15) is 19.8 Å². The minimum absolute atomic E-state index is 0.0377. The monoisotopic (exact) mass is 205 g/mol. The Labute approximate surface area is 82.9 Å². The smallest absolute Gasteiger partial charge is 0.252 e. The molecule has 1 aliphatic heterocycles. The molecule has 0 aromatic carbocycles. The van der Waals surface area contributed by atoms with E-state index < -0.39 is 11.8 Å². The highest BCUT2D eigenvalue weighted by Gasteiger charge is 2.57. The van der Waals surface area contributed by atoms with Crippen LogP contribution in [0.5, 0.6) is 0 Å². The van der Waals surface area contributed by atoms with Gasteiger partial charge in [-0.3, -0.25) is 4.90 Å². The summed E-state index contributed by atoms with van der Waals surface area (Å²) < 4.78 is 25.4. The lowest BCUT2D eigenvalue weighted by molar-refractivity contribution is 0.0753. The van der Waals surface area contributed by atoms with Crippen molar-refractivity contribution in [2.75, 3.05) is 19.7 Å². The molecule has 1 saturated heterocycles. The number of nitrogens with zero attached hydrogens (tertiary/aromatic N) is 1. The predicted octanol–water partition coefficient (Wildman–Crippen LogP) is 1.34. The fraction of sp³-hybridized carbons (Fsp3) is 1.00. The first-order chi connectivity index (χ1) is 6.54. The summed E-state index contributed by atoms with van der Waals surface area (Å²) in [6.07, 6.45) is 1.06. The van der Waals surface area contributed by atoms with E-state index in [4.69, 9.17) is 5.11 Å². The highest BCUT2D eigenvalue weighted by atomic mass is 19.3. The molecular formula is C10H17F2NO. The minimum Gasteiger partial charge on any atom is -0.395 e. The number of alkyl halides is 2. The average Bonchev–Trinajstić information content (AvgIpc) is 2.55. The molecule has 2 rings (SSSR count). The molecule has 3 unspecified atom stereocenters. The zero-order chi connectivity index (χ0) is 10.3. The predicted molar refractivity (Wildman–Crippen MR) is 49.3 cm³/mol. The van der Waals surface area contributed by atoms with Crippen LogP contribution in [0.3, 0.4) is 0 Å². The van der Waals surface area contributed by atoms with Crippen LogP contribution in [-0.2, 0) is 0 Å². The van der Waals surface area contributed by atoms with Crippen LogP contribution in [-0.4, -0.2) is 41.7 Å². The molecule has 0 bridgehead atoms. The summed E-state index contributed by atoms with van der Waals surface area (Å²) in [5, 5.41) is 9.14. The van der Waals surface area contributed by atoms with Gasteiger partial charge in [0.05, 0.1) is 6.61 Å². The van der Waals surface area contributed by atoms with E-state index in [0.29, 0.717) is 12.5 Å². The second kappa shape index (κ2) is 3.42. The molecule has 3 atom stereocenters. The molecule has 0 radical (unpaired) electrons. The third-order valence-electron chi connectivity index (χ3n) is 3.60. The molecule has 1 heterocycles. The summed E-state index contributed by atoms with van der Waals surface area (Å²) in [6.45, 7) is 3.49.